The first kappa shape index (κ1) is 15.4. The van der Waals surface area contributed by atoms with Crippen molar-refractivity contribution in [1.82, 2.24) is 4.57 Å². The third-order valence-corrected chi connectivity index (χ3v) is 5.39. The van der Waals surface area contributed by atoms with Crippen molar-refractivity contribution in [3.8, 4) is 0 Å². The van der Waals surface area contributed by atoms with Gasteiger partial charge in [0.25, 0.3) is 5.56 Å². The first-order valence-electron chi connectivity index (χ1n) is 7.52. The first-order chi connectivity index (χ1) is 11.7. The molecule has 3 aromatic rings. The molecule has 0 saturated carbocycles. The van der Waals surface area contributed by atoms with Gasteiger partial charge in [0.1, 0.15) is 13.3 Å². The van der Waals surface area contributed by atoms with Crippen molar-refractivity contribution in [1.29, 1.82) is 0 Å². The molecule has 0 atom stereocenters. The van der Waals surface area contributed by atoms with E-state index in [1.54, 1.807) is 4.57 Å². The van der Waals surface area contributed by atoms with E-state index in [2.05, 4.69) is 25.8 Å². The number of fused-ring (bicyclic) bond motifs is 1. The molecule has 1 aliphatic heterocycles. The molecule has 6 heteroatoms. The molecular formula is C18H14BrN3OS. The number of aromatic nitrogens is 1. The molecule has 2 heterocycles. The maximum atomic E-state index is 12.7. The molecule has 1 aromatic heterocycles. The Kier molecular flexibility index (Phi) is 4.08. The molecule has 24 heavy (non-hydrogen) atoms. The number of thiazole rings is 1. The second-order valence-electron chi connectivity index (χ2n) is 5.50. The van der Waals surface area contributed by atoms with Crippen molar-refractivity contribution < 1.29 is 0 Å². The standard InChI is InChI=1S/C18H14BrN3OS/c19-14-7-4-8-15(10-14)21-11-20-18-22(12-21)17(23)16(24-18)9-13-5-2-1-3-6-13/h1-10H,11-12H2. The number of nitrogens with zero attached hydrogens (tertiary/aromatic N) is 3. The summed E-state index contributed by atoms with van der Waals surface area (Å²) in [7, 11) is 0. The summed E-state index contributed by atoms with van der Waals surface area (Å²) < 4.78 is 3.47. The molecule has 0 N–H and O–H groups in total. The summed E-state index contributed by atoms with van der Waals surface area (Å²) in [5, 5.41) is 0. The van der Waals surface area contributed by atoms with E-state index < -0.39 is 0 Å². The normalized spacial score (nSPS) is 14.4. The largest absolute Gasteiger partial charge is 0.334 e. The zero-order valence-electron chi connectivity index (χ0n) is 12.7. The minimum absolute atomic E-state index is 0.0160. The van der Waals surface area contributed by atoms with Crippen LogP contribution in [0.3, 0.4) is 0 Å². The van der Waals surface area contributed by atoms with Crippen LogP contribution in [0.4, 0.5) is 5.69 Å². The van der Waals surface area contributed by atoms with Crippen LogP contribution in [-0.2, 0) is 6.67 Å². The van der Waals surface area contributed by atoms with Crippen LogP contribution < -0.4 is 19.8 Å². The number of hydrogen-bond acceptors (Lipinski definition) is 4. The molecule has 0 spiro atoms. The zero-order chi connectivity index (χ0) is 16.5. The summed E-state index contributed by atoms with van der Waals surface area (Å²) in [5.74, 6) is 0. The van der Waals surface area contributed by atoms with Crippen LogP contribution in [0.25, 0.3) is 6.08 Å². The molecular weight excluding hydrogens is 386 g/mol. The summed E-state index contributed by atoms with van der Waals surface area (Å²) in [6.07, 6.45) is 1.93. The lowest BCUT2D eigenvalue weighted by molar-refractivity contribution is 0.569. The molecule has 4 rings (SSSR count). The second kappa shape index (κ2) is 6.37. The smallest absolute Gasteiger partial charge is 0.271 e. The van der Waals surface area contributed by atoms with E-state index in [0.717, 1.165) is 25.1 Å². The van der Waals surface area contributed by atoms with Gasteiger partial charge in [0, 0.05) is 10.2 Å². The van der Waals surface area contributed by atoms with Crippen molar-refractivity contribution in [3.05, 3.63) is 84.3 Å². The lowest BCUT2D eigenvalue weighted by Crippen LogP contribution is -2.42. The summed E-state index contributed by atoms with van der Waals surface area (Å²) in [5.41, 5.74) is 2.09. The third-order valence-electron chi connectivity index (χ3n) is 3.85. The average molecular weight is 400 g/mol. The average Bonchev–Trinajstić information content (AvgIpc) is 2.91. The fraction of sp³-hybridized carbons (Fsp3) is 0.111. The van der Waals surface area contributed by atoms with E-state index in [-0.39, 0.29) is 5.56 Å². The molecule has 0 fully saturated rings. The van der Waals surface area contributed by atoms with Crippen molar-refractivity contribution in [2.45, 2.75) is 6.67 Å². The van der Waals surface area contributed by atoms with Gasteiger partial charge in [-0.05, 0) is 29.8 Å². The highest BCUT2D eigenvalue weighted by Gasteiger charge is 2.16. The molecule has 120 valence electrons. The van der Waals surface area contributed by atoms with Crippen molar-refractivity contribution >= 4 is 39.0 Å². The van der Waals surface area contributed by atoms with Gasteiger partial charge in [-0.3, -0.25) is 9.36 Å². The summed E-state index contributed by atoms with van der Waals surface area (Å²) in [4.78, 5) is 20.2. The van der Waals surface area contributed by atoms with Gasteiger partial charge in [-0.2, -0.15) is 0 Å². The fourth-order valence-electron chi connectivity index (χ4n) is 2.65. The Bertz CT molecular complexity index is 1060. The minimum atomic E-state index is 0.0160. The Labute approximate surface area is 151 Å². The predicted molar refractivity (Wildman–Crippen MR) is 101 cm³/mol. The van der Waals surface area contributed by atoms with E-state index in [0.29, 0.717) is 13.3 Å². The Morgan fingerprint density at radius 3 is 2.75 bits per heavy atom. The van der Waals surface area contributed by atoms with Gasteiger partial charge in [0.2, 0.25) is 0 Å². The molecule has 0 radical (unpaired) electrons. The number of benzene rings is 2. The molecule has 0 saturated heterocycles. The highest BCUT2D eigenvalue weighted by molar-refractivity contribution is 9.10. The summed E-state index contributed by atoms with van der Waals surface area (Å²) >= 11 is 4.94. The quantitative estimate of drug-likeness (QED) is 0.663. The Hall–Kier alpha value is -2.18. The van der Waals surface area contributed by atoms with Crippen molar-refractivity contribution in [3.63, 3.8) is 0 Å². The summed E-state index contributed by atoms with van der Waals surface area (Å²) in [6, 6.07) is 17.9. The third kappa shape index (κ3) is 2.95. The van der Waals surface area contributed by atoms with Crippen LogP contribution in [0.1, 0.15) is 5.56 Å². The lowest BCUT2D eigenvalue weighted by atomic mass is 10.2. The van der Waals surface area contributed by atoms with Crippen LogP contribution >= 0.6 is 27.3 Å². The monoisotopic (exact) mass is 399 g/mol. The highest BCUT2D eigenvalue weighted by Crippen LogP contribution is 2.20. The van der Waals surface area contributed by atoms with Gasteiger partial charge in [0.15, 0.2) is 4.80 Å². The molecule has 1 aliphatic rings. The van der Waals surface area contributed by atoms with E-state index in [1.807, 2.05) is 60.7 Å². The van der Waals surface area contributed by atoms with Gasteiger partial charge in [-0.15, -0.1) is 0 Å². The second-order valence-corrected chi connectivity index (χ2v) is 7.42. The molecule has 0 unspecified atom stereocenters. The molecule has 2 aromatic carbocycles. The molecule has 0 amide bonds. The van der Waals surface area contributed by atoms with Gasteiger partial charge in [-0.1, -0.05) is 63.7 Å². The number of anilines is 1. The van der Waals surface area contributed by atoms with Crippen LogP contribution in [-0.4, -0.2) is 11.2 Å². The molecule has 0 bridgehead atoms. The topological polar surface area (TPSA) is 37.6 Å². The Balaban J connectivity index is 1.73. The fourth-order valence-corrected chi connectivity index (χ4v) is 4.00. The predicted octanol–water partition coefficient (Wildman–Crippen LogP) is 2.56. The number of hydrogen-bond donors (Lipinski definition) is 0. The van der Waals surface area contributed by atoms with Crippen molar-refractivity contribution in [2.24, 2.45) is 4.99 Å². The minimum Gasteiger partial charge on any atom is -0.334 e. The zero-order valence-corrected chi connectivity index (χ0v) is 15.1. The van der Waals surface area contributed by atoms with Gasteiger partial charge < -0.3 is 4.90 Å². The Morgan fingerprint density at radius 2 is 1.96 bits per heavy atom. The highest BCUT2D eigenvalue weighted by atomic mass is 79.9. The van der Waals surface area contributed by atoms with Gasteiger partial charge >= 0.3 is 0 Å². The number of rotatable bonds is 2. The van der Waals surface area contributed by atoms with E-state index in [4.69, 9.17) is 0 Å². The van der Waals surface area contributed by atoms with Crippen LogP contribution in [0.15, 0.2) is 68.9 Å². The molecule has 4 nitrogen and oxygen atoms in total. The van der Waals surface area contributed by atoms with Crippen molar-refractivity contribution in [2.75, 3.05) is 11.6 Å². The lowest BCUT2D eigenvalue weighted by Gasteiger charge is -2.25. The van der Waals surface area contributed by atoms with Crippen LogP contribution in [0, 0.1) is 0 Å². The van der Waals surface area contributed by atoms with Gasteiger partial charge in [0.05, 0.1) is 4.53 Å². The summed E-state index contributed by atoms with van der Waals surface area (Å²) in [6.45, 7) is 1.08. The first-order valence-corrected chi connectivity index (χ1v) is 9.13. The maximum Gasteiger partial charge on any atom is 0.271 e. The Morgan fingerprint density at radius 1 is 1.12 bits per heavy atom. The van der Waals surface area contributed by atoms with E-state index in [9.17, 15) is 4.79 Å². The number of halogens is 1. The van der Waals surface area contributed by atoms with E-state index >= 15 is 0 Å². The van der Waals surface area contributed by atoms with Crippen LogP contribution in [0.5, 0.6) is 0 Å². The van der Waals surface area contributed by atoms with Gasteiger partial charge in [-0.25, -0.2) is 4.99 Å². The van der Waals surface area contributed by atoms with Crippen LogP contribution in [0.2, 0.25) is 0 Å². The maximum absolute atomic E-state index is 12.7. The molecule has 0 aliphatic carbocycles. The van der Waals surface area contributed by atoms with E-state index in [1.165, 1.54) is 11.3 Å². The SMILES string of the molecule is O=c1c(=Cc2ccccc2)sc2n1CN(c1cccc(Br)c1)CN=2.